The van der Waals surface area contributed by atoms with Gasteiger partial charge in [0.2, 0.25) is 15.9 Å². The lowest BCUT2D eigenvalue weighted by Crippen LogP contribution is -2.35. The maximum absolute atomic E-state index is 12.7. The zero-order chi connectivity index (χ0) is 19.4. The lowest BCUT2D eigenvalue weighted by molar-refractivity contribution is -0.149. The number of carboxylic acids is 1. The van der Waals surface area contributed by atoms with E-state index in [2.05, 4.69) is 5.32 Å². The van der Waals surface area contributed by atoms with Gasteiger partial charge >= 0.3 is 5.97 Å². The molecule has 144 valence electrons. The highest BCUT2D eigenvalue weighted by Crippen LogP contribution is 2.22. The summed E-state index contributed by atoms with van der Waals surface area (Å²) in [6, 6.07) is 6.51. The average Bonchev–Trinajstić information content (AvgIpc) is 2.60. The molecule has 1 amide bonds. The third kappa shape index (κ3) is 5.04. The molecule has 2 rings (SSSR count). The molecule has 2 N–H and O–H groups in total. The Hall–Kier alpha value is -1.93. The molecule has 1 aliphatic heterocycles. The summed E-state index contributed by atoms with van der Waals surface area (Å²) in [7, 11) is -3.52. The van der Waals surface area contributed by atoms with Crippen molar-refractivity contribution in [3.63, 3.8) is 0 Å². The molecule has 0 bridgehead atoms. The monoisotopic (exact) mass is 382 g/mol. The van der Waals surface area contributed by atoms with Gasteiger partial charge in [0, 0.05) is 26.1 Å². The number of piperidine rings is 1. The van der Waals surface area contributed by atoms with Gasteiger partial charge in [-0.3, -0.25) is 9.59 Å². The molecule has 1 fully saturated rings. The molecule has 1 aromatic carbocycles. The zero-order valence-electron chi connectivity index (χ0n) is 15.2. The van der Waals surface area contributed by atoms with Gasteiger partial charge in [0.25, 0.3) is 0 Å². The van der Waals surface area contributed by atoms with E-state index in [0.717, 1.165) is 19.3 Å². The fraction of sp³-hybridized carbons (Fsp3) is 0.556. The minimum atomic E-state index is -3.52. The van der Waals surface area contributed by atoms with E-state index in [9.17, 15) is 18.0 Å². The van der Waals surface area contributed by atoms with Crippen LogP contribution in [-0.2, 0) is 26.2 Å². The van der Waals surface area contributed by atoms with Crippen LogP contribution in [0.2, 0.25) is 0 Å². The van der Waals surface area contributed by atoms with Crippen molar-refractivity contribution >= 4 is 21.9 Å². The van der Waals surface area contributed by atoms with Crippen molar-refractivity contribution in [3.8, 4) is 0 Å². The second-order valence-corrected chi connectivity index (χ2v) is 9.19. The maximum Gasteiger partial charge on any atom is 0.309 e. The predicted octanol–water partition coefficient (Wildman–Crippen LogP) is 1.98. The molecule has 0 saturated carbocycles. The van der Waals surface area contributed by atoms with Crippen LogP contribution in [0.15, 0.2) is 29.2 Å². The van der Waals surface area contributed by atoms with Gasteiger partial charge in [-0.15, -0.1) is 0 Å². The number of carbonyl (C=O) groups is 2. The third-order valence-corrected chi connectivity index (χ3v) is 6.42. The highest BCUT2D eigenvalue weighted by Gasteiger charge is 2.30. The fourth-order valence-electron chi connectivity index (χ4n) is 2.81. The van der Waals surface area contributed by atoms with Crippen molar-refractivity contribution < 1.29 is 23.1 Å². The van der Waals surface area contributed by atoms with Crippen LogP contribution in [0.25, 0.3) is 0 Å². The first-order chi connectivity index (χ1) is 12.1. The molecule has 0 aliphatic carbocycles. The molecule has 26 heavy (non-hydrogen) atoms. The molecular weight excluding hydrogens is 356 g/mol. The Bertz CT molecular complexity index is 768. The number of rotatable bonds is 7. The highest BCUT2D eigenvalue weighted by atomic mass is 32.2. The van der Waals surface area contributed by atoms with Crippen LogP contribution in [0.3, 0.4) is 0 Å². The van der Waals surface area contributed by atoms with Gasteiger partial charge in [-0.1, -0.05) is 18.6 Å². The number of nitrogens with one attached hydrogen (secondary N) is 1. The van der Waals surface area contributed by atoms with Crippen LogP contribution in [-0.4, -0.2) is 42.8 Å². The normalized spacial score (nSPS) is 16.2. The highest BCUT2D eigenvalue weighted by molar-refractivity contribution is 7.89. The predicted molar refractivity (Wildman–Crippen MR) is 96.9 cm³/mol. The number of carbonyl (C=O) groups excluding carboxylic acids is 1. The lowest BCUT2D eigenvalue weighted by atomic mass is 9.89. The van der Waals surface area contributed by atoms with Crippen molar-refractivity contribution in [2.24, 2.45) is 5.41 Å². The van der Waals surface area contributed by atoms with Gasteiger partial charge in [0.1, 0.15) is 0 Å². The summed E-state index contributed by atoms with van der Waals surface area (Å²) in [5, 5.41) is 11.7. The number of hydrogen-bond acceptors (Lipinski definition) is 4. The molecule has 0 atom stereocenters. The van der Waals surface area contributed by atoms with E-state index >= 15 is 0 Å². The molecule has 0 radical (unpaired) electrons. The standard InChI is InChI=1S/C18H26N2O5S/c1-18(2,17(22)23)12-16(21)19-13-14-7-6-8-15(11-14)26(24,25)20-9-4-3-5-10-20/h6-8,11H,3-5,9-10,12-13H2,1-2H3,(H,19,21)(H,22,23). The maximum atomic E-state index is 12.7. The summed E-state index contributed by atoms with van der Waals surface area (Å²) < 4.78 is 26.9. The van der Waals surface area contributed by atoms with Crippen molar-refractivity contribution in [1.82, 2.24) is 9.62 Å². The molecule has 1 aromatic rings. The molecule has 8 heteroatoms. The Morgan fingerprint density at radius 1 is 1.19 bits per heavy atom. The van der Waals surface area contributed by atoms with Gasteiger partial charge in [0.05, 0.1) is 10.3 Å². The number of amides is 1. The van der Waals surface area contributed by atoms with E-state index in [1.54, 1.807) is 24.3 Å². The van der Waals surface area contributed by atoms with Crippen molar-refractivity contribution in [3.05, 3.63) is 29.8 Å². The first kappa shape index (κ1) is 20.4. The molecule has 7 nitrogen and oxygen atoms in total. The molecule has 1 heterocycles. The minimum absolute atomic E-state index is 0.145. The Morgan fingerprint density at radius 3 is 2.46 bits per heavy atom. The average molecular weight is 382 g/mol. The molecule has 1 aliphatic rings. The fourth-order valence-corrected chi connectivity index (χ4v) is 4.40. The zero-order valence-corrected chi connectivity index (χ0v) is 16.0. The lowest BCUT2D eigenvalue weighted by Gasteiger charge is -2.26. The summed E-state index contributed by atoms with van der Waals surface area (Å²) in [5.74, 6) is -1.43. The number of sulfonamides is 1. The second kappa shape index (κ2) is 8.18. The molecule has 0 spiro atoms. The summed E-state index contributed by atoms with van der Waals surface area (Å²) in [5.41, 5.74) is -0.492. The van der Waals surface area contributed by atoms with Crippen LogP contribution in [0, 0.1) is 5.41 Å². The van der Waals surface area contributed by atoms with Crippen LogP contribution in [0.4, 0.5) is 0 Å². The van der Waals surface area contributed by atoms with Gasteiger partial charge in [0.15, 0.2) is 0 Å². The Labute approximate surface area is 154 Å². The summed E-state index contributed by atoms with van der Waals surface area (Å²) in [6.45, 7) is 4.19. The van der Waals surface area contributed by atoms with E-state index in [1.165, 1.54) is 18.2 Å². The van der Waals surface area contributed by atoms with Crippen LogP contribution >= 0.6 is 0 Å². The van der Waals surface area contributed by atoms with E-state index < -0.39 is 21.4 Å². The quantitative estimate of drug-likeness (QED) is 0.750. The summed E-state index contributed by atoms with van der Waals surface area (Å²) >= 11 is 0. The molecule has 1 saturated heterocycles. The molecular formula is C18H26N2O5S. The van der Waals surface area contributed by atoms with Crippen LogP contribution in [0.1, 0.15) is 45.1 Å². The summed E-state index contributed by atoms with van der Waals surface area (Å²) in [6.07, 6.45) is 2.64. The first-order valence-electron chi connectivity index (χ1n) is 8.72. The molecule has 0 aromatic heterocycles. The Balaban J connectivity index is 2.03. The third-order valence-electron chi connectivity index (χ3n) is 4.52. The number of hydrogen-bond donors (Lipinski definition) is 2. The van der Waals surface area contributed by atoms with Crippen molar-refractivity contribution in [2.75, 3.05) is 13.1 Å². The largest absolute Gasteiger partial charge is 0.481 e. The van der Waals surface area contributed by atoms with E-state index in [1.807, 2.05) is 0 Å². The van der Waals surface area contributed by atoms with Gasteiger partial charge in [-0.2, -0.15) is 4.31 Å². The van der Waals surface area contributed by atoms with Gasteiger partial charge < -0.3 is 10.4 Å². The smallest absolute Gasteiger partial charge is 0.309 e. The SMILES string of the molecule is CC(C)(CC(=O)NCc1cccc(S(=O)(=O)N2CCCCC2)c1)C(=O)O. The number of aliphatic carboxylic acids is 1. The first-order valence-corrected chi connectivity index (χ1v) is 10.2. The molecule has 0 unspecified atom stereocenters. The van der Waals surface area contributed by atoms with E-state index in [4.69, 9.17) is 5.11 Å². The van der Waals surface area contributed by atoms with Crippen molar-refractivity contribution in [1.29, 1.82) is 0 Å². The topological polar surface area (TPSA) is 104 Å². The number of benzene rings is 1. The van der Waals surface area contributed by atoms with Crippen LogP contribution < -0.4 is 5.32 Å². The number of carboxylic acid groups (broad SMARTS) is 1. The van der Waals surface area contributed by atoms with E-state index in [-0.39, 0.29) is 23.8 Å². The Kier molecular flexibility index (Phi) is 6.41. The Morgan fingerprint density at radius 2 is 1.85 bits per heavy atom. The van der Waals surface area contributed by atoms with E-state index in [0.29, 0.717) is 18.7 Å². The van der Waals surface area contributed by atoms with Crippen molar-refractivity contribution in [2.45, 2.75) is 51.0 Å². The van der Waals surface area contributed by atoms with Crippen LogP contribution in [0.5, 0.6) is 0 Å². The number of nitrogens with zero attached hydrogens (tertiary/aromatic N) is 1. The van der Waals surface area contributed by atoms with Gasteiger partial charge in [-0.25, -0.2) is 8.42 Å². The minimum Gasteiger partial charge on any atom is -0.481 e. The summed E-state index contributed by atoms with van der Waals surface area (Å²) in [4.78, 5) is 23.3. The van der Waals surface area contributed by atoms with Gasteiger partial charge in [-0.05, 0) is 44.4 Å². The second-order valence-electron chi connectivity index (χ2n) is 7.25.